The summed E-state index contributed by atoms with van der Waals surface area (Å²) in [5, 5.41) is 13.5. The van der Waals surface area contributed by atoms with E-state index in [0.29, 0.717) is 18.6 Å². The molecule has 3 N–H and O–H groups in total. The summed E-state index contributed by atoms with van der Waals surface area (Å²) in [7, 11) is 0. The molecule has 0 radical (unpaired) electrons. The number of aliphatic hydroxyl groups excluding tert-OH is 1. The van der Waals surface area contributed by atoms with E-state index in [9.17, 15) is 22.4 Å². The monoisotopic (exact) mass is 294 g/mol. The molecule has 112 valence electrons. The molecule has 1 rings (SSSR count). The van der Waals surface area contributed by atoms with Crippen molar-refractivity contribution in [3.8, 4) is 0 Å². The second kappa shape index (κ2) is 6.56. The fraction of sp³-hybridized carbons (Fsp3) is 0.417. The van der Waals surface area contributed by atoms with Crippen molar-refractivity contribution in [2.24, 2.45) is 0 Å². The van der Waals surface area contributed by atoms with Gasteiger partial charge in [0.15, 0.2) is 0 Å². The SMILES string of the molecule is CC(O)CCNC(=O)Nc1ccc(F)c(C(F)(F)F)c1. The van der Waals surface area contributed by atoms with Gasteiger partial charge in [-0.3, -0.25) is 0 Å². The molecule has 0 aliphatic carbocycles. The van der Waals surface area contributed by atoms with Crippen LogP contribution in [0.3, 0.4) is 0 Å². The Morgan fingerprint density at radius 3 is 2.60 bits per heavy atom. The summed E-state index contributed by atoms with van der Waals surface area (Å²) in [5.41, 5.74) is -1.62. The molecule has 1 unspecified atom stereocenters. The first-order chi connectivity index (χ1) is 9.20. The number of hydrogen-bond donors (Lipinski definition) is 3. The van der Waals surface area contributed by atoms with Crippen molar-refractivity contribution in [2.75, 3.05) is 11.9 Å². The molecule has 0 aliphatic rings. The first-order valence-electron chi connectivity index (χ1n) is 5.80. The molecule has 0 aliphatic heterocycles. The third kappa shape index (κ3) is 5.04. The predicted octanol–water partition coefficient (Wildman–Crippen LogP) is 2.74. The maximum absolute atomic E-state index is 13.0. The Morgan fingerprint density at radius 1 is 1.40 bits per heavy atom. The van der Waals surface area contributed by atoms with Gasteiger partial charge in [-0.2, -0.15) is 13.2 Å². The first kappa shape index (κ1) is 16.2. The standard InChI is InChI=1S/C12H14F4N2O2/c1-7(19)4-5-17-11(20)18-8-2-3-10(13)9(6-8)12(14,15)16/h2-3,6-7,19H,4-5H2,1H3,(H2,17,18,20). The fourth-order valence-electron chi connectivity index (χ4n) is 1.39. The second-order valence-electron chi connectivity index (χ2n) is 4.21. The summed E-state index contributed by atoms with van der Waals surface area (Å²) >= 11 is 0. The molecule has 2 amide bonds. The van der Waals surface area contributed by atoms with E-state index in [-0.39, 0.29) is 12.2 Å². The average Bonchev–Trinajstić information content (AvgIpc) is 2.29. The van der Waals surface area contributed by atoms with Crippen LogP contribution >= 0.6 is 0 Å². The number of carbonyl (C=O) groups is 1. The van der Waals surface area contributed by atoms with Crippen molar-refractivity contribution in [2.45, 2.75) is 25.6 Å². The zero-order valence-corrected chi connectivity index (χ0v) is 10.6. The Balaban J connectivity index is 2.67. The Bertz CT molecular complexity index is 475. The number of urea groups is 1. The molecule has 0 heterocycles. The number of carbonyl (C=O) groups excluding carboxylic acids is 1. The number of anilines is 1. The van der Waals surface area contributed by atoms with Crippen LogP contribution in [-0.4, -0.2) is 23.8 Å². The molecular formula is C12H14F4N2O2. The molecular weight excluding hydrogens is 280 g/mol. The van der Waals surface area contributed by atoms with Crippen molar-refractivity contribution < 1.29 is 27.5 Å². The van der Waals surface area contributed by atoms with Crippen molar-refractivity contribution in [1.82, 2.24) is 5.32 Å². The third-order valence-electron chi connectivity index (χ3n) is 2.38. The summed E-state index contributed by atoms with van der Waals surface area (Å²) in [4.78, 5) is 11.4. The molecule has 0 bridgehead atoms. The largest absolute Gasteiger partial charge is 0.419 e. The van der Waals surface area contributed by atoms with E-state index in [1.165, 1.54) is 6.92 Å². The number of alkyl halides is 3. The van der Waals surface area contributed by atoms with Crippen LogP contribution in [0, 0.1) is 5.82 Å². The lowest BCUT2D eigenvalue weighted by atomic mass is 10.2. The van der Waals surface area contributed by atoms with Gasteiger partial charge in [-0.15, -0.1) is 0 Å². The topological polar surface area (TPSA) is 61.4 Å². The van der Waals surface area contributed by atoms with Crippen LogP contribution in [0.1, 0.15) is 18.9 Å². The van der Waals surface area contributed by atoms with Gasteiger partial charge in [0, 0.05) is 12.2 Å². The summed E-state index contributed by atoms with van der Waals surface area (Å²) in [6, 6.07) is 1.45. The lowest BCUT2D eigenvalue weighted by molar-refractivity contribution is -0.139. The van der Waals surface area contributed by atoms with Gasteiger partial charge in [0.05, 0.1) is 11.7 Å². The molecule has 8 heteroatoms. The van der Waals surface area contributed by atoms with Gasteiger partial charge < -0.3 is 15.7 Å². The minimum Gasteiger partial charge on any atom is -0.393 e. The van der Waals surface area contributed by atoms with E-state index in [2.05, 4.69) is 10.6 Å². The third-order valence-corrected chi connectivity index (χ3v) is 2.38. The predicted molar refractivity (Wildman–Crippen MR) is 64.7 cm³/mol. The van der Waals surface area contributed by atoms with Gasteiger partial charge in [0.1, 0.15) is 5.82 Å². The number of aliphatic hydroxyl groups is 1. The van der Waals surface area contributed by atoms with Crippen LogP contribution in [0.4, 0.5) is 28.0 Å². The molecule has 1 atom stereocenters. The average molecular weight is 294 g/mol. The molecule has 0 fully saturated rings. The van der Waals surface area contributed by atoms with Gasteiger partial charge in [-0.05, 0) is 31.5 Å². The summed E-state index contributed by atoms with van der Waals surface area (Å²) < 4.78 is 50.4. The molecule has 1 aromatic rings. The van der Waals surface area contributed by atoms with Gasteiger partial charge in [0.2, 0.25) is 0 Å². The Morgan fingerprint density at radius 2 is 2.05 bits per heavy atom. The molecule has 0 aromatic heterocycles. The highest BCUT2D eigenvalue weighted by atomic mass is 19.4. The van der Waals surface area contributed by atoms with Crippen molar-refractivity contribution in [3.63, 3.8) is 0 Å². The smallest absolute Gasteiger partial charge is 0.393 e. The van der Waals surface area contributed by atoms with E-state index in [1.54, 1.807) is 0 Å². The zero-order chi connectivity index (χ0) is 15.3. The van der Waals surface area contributed by atoms with Crippen LogP contribution in [0.15, 0.2) is 18.2 Å². The van der Waals surface area contributed by atoms with E-state index in [0.717, 1.165) is 6.07 Å². The number of amides is 2. The number of halogens is 4. The van der Waals surface area contributed by atoms with Crippen LogP contribution in [0.2, 0.25) is 0 Å². The highest BCUT2D eigenvalue weighted by Gasteiger charge is 2.34. The van der Waals surface area contributed by atoms with Gasteiger partial charge in [-0.25, -0.2) is 9.18 Å². The number of nitrogens with one attached hydrogen (secondary N) is 2. The highest BCUT2D eigenvalue weighted by Crippen LogP contribution is 2.32. The minimum absolute atomic E-state index is 0.164. The Kier molecular flexibility index (Phi) is 5.32. The summed E-state index contributed by atoms with van der Waals surface area (Å²) in [5.74, 6) is -1.41. The number of benzene rings is 1. The van der Waals surface area contributed by atoms with Crippen molar-refractivity contribution >= 4 is 11.7 Å². The Hall–Kier alpha value is -1.83. The lowest BCUT2D eigenvalue weighted by Crippen LogP contribution is -2.31. The number of hydrogen-bond acceptors (Lipinski definition) is 2. The van der Waals surface area contributed by atoms with E-state index in [1.807, 2.05) is 0 Å². The normalized spacial score (nSPS) is 12.9. The Labute approximate surface area is 112 Å². The second-order valence-corrected chi connectivity index (χ2v) is 4.21. The van der Waals surface area contributed by atoms with Crippen LogP contribution in [0.25, 0.3) is 0 Å². The van der Waals surface area contributed by atoms with Gasteiger partial charge >= 0.3 is 12.2 Å². The highest BCUT2D eigenvalue weighted by molar-refractivity contribution is 5.89. The first-order valence-corrected chi connectivity index (χ1v) is 5.80. The van der Waals surface area contributed by atoms with Crippen molar-refractivity contribution in [3.05, 3.63) is 29.6 Å². The zero-order valence-electron chi connectivity index (χ0n) is 10.6. The van der Waals surface area contributed by atoms with E-state index >= 15 is 0 Å². The molecule has 0 spiro atoms. The lowest BCUT2D eigenvalue weighted by Gasteiger charge is -2.12. The fourth-order valence-corrected chi connectivity index (χ4v) is 1.39. The maximum atomic E-state index is 13.0. The maximum Gasteiger partial charge on any atom is 0.419 e. The van der Waals surface area contributed by atoms with Gasteiger partial charge in [-0.1, -0.05) is 0 Å². The van der Waals surface area contributed by atoms with Crippen molar-refractivity contribution in [1.29, 1.82) is 0 Å². The quantitative estimate of drug-likeness (QED) is 0.748. The summed E-state index contributed by atoms with van der Waals surface area (Å²) in [6.45, 7) is 1.70. The molecule has 20 heavy (non-hydrogen) atoms. The molecule has 1 aromatic carbocycles. The van der Waals surface area contributed by atoms with Crippen LogP contribution in [-0.2, 0) is 6.18 Å². The molecule has 0 saturated carbocycles. The molecule has 0 saturated heterocycles. The number of rotatable bonds is 4. The van der Waals surface area contributed by atoms with Gasteiger partial charge in [0.25, 0.3) is 0 Å². The van der Waals surface area contributed by atoms with Crippen LogP contribution in [0.5, 0.6) is 0 Å². The minimum atomic E-state index is -4.83. The van der Waals surface area contributed by atoms with E-state index < -0.39 is 29.7 Å². The van der Waals surface area contributed by atoms with Crippen LogP contribution < -0.4 is 10.6 Å². The van der Waals surface area contributed by atoms with E-state index in [4.69, 9.17) is 5.11 Å². The molecule has 4 nitrogen and oxygen atoms in total. The summed E-state index contributed by atoms with van der Waals surface area (Å²) in [6.07, 6.45) is -5.12.